The fourth-order valence-electron chi connectivity index (χ4n) is 0.346. The van der Waals surface area contributed by atoms with Gasteiger partial charge in [0.1, 0.15) is 5.54 Å². The zero-order valence-electron chi connectivity index (χ0n) is 7.05. The normalized spacial score (nSPS) is 13.4. The van der Waals surface area contributed by atoms with Crippen molar-refractivity contribution in [2.24, 2.45) is 5.73 Å². The molecule has 0 rings (SSSR count). The Morgan fingerprint density at radius 1 is 1.73 bits per heavy atom. The van der Waals surface area contributed by atoms with Crippen molar-refractivity contribution in [3.05, 3.63) is 0 Å². The minimum Gasteiger partial charge on any atom is -0.448 e. The Balaban J connectivity index is 4.01. The third-order valence-corrected chi connectivity index (χ3v) is 1.04. The topological polar surface area (TPSA) is 52.3 Å². The van der Waals surface area contributed by atoms with E-state index in [0.717, 1.165) is 0 Å². The van der Waals surface area contributed by atoms with Gasteiger partial charge >= 0.3 is 5.97 Å². The molecule has 0 saturated heterocycles. The molecule has 3 heteroatoms. The van der Waals surface area contributed by atoms with Crippen LogP contribution >= 0.6 is 0 Å². The molecule has 0 amide bonds. The minimum absolute atomic E-state index is 0.483. The van der Waals surface area contributed by atoms with Crippen LogP contribution in [-0.2, 0) is 9.53 Å². The van der Waals surface area contributed by atoms with Crippen LogP contribution in [0.15, 0.2) is 0 Å². The summed E-state index contributed by atoms with van der Waals surface area (Å²) in [7, 11) is 0. The van der Waals surface area contributed by atoms with E-state index in [9.17, 15) is 4.79 Å². The van der Waals surface area contributed by atoms with Crippen LogP contribution in [0, 0.1) is 12.3 Å². The van der Waals surface area contributed by atoms with E-state index in [0.29, 0.717) is 0 Å². The zero-order chi connectivity index (χ0) is 9.07. The van der Waals surface area contributed by atoms with Crippen LogP contribution < -0.4 is 5.73 Å². The quantitative estimate of drug-likeness (QED) is 0.460. The molecule has 0 aromatic rings. The van der Waals surface area contributed by atoms with E-state index in [1.807, 2.05) is 0 Å². The average Bonchev–Trinajstić information content (AvgIpc) is 1.85. The van der Waals surface area contributed by atoms with Crippen molar-refractivity contribution >= 4 is 5.97 Å². The molecule has 0 bridgehead atoms. The number of terminal acetylenes is 1. The SMILES string of the molecule is C#CC(C)OC(=O)C(C)(C)N. The fourth-order valence-corrected chi connectivity index (χ4v) is 0.346. The van der Waals surface area contributed by atoms with Gasteiger partial charge in [0.15, 0.2) is 6.10 Å². The van der Waals surface area contributed by atoms with Crippen LogP contribution in [0.2, 0.25) is 0 Å². The van der Waals surface area contributed by atoms with Gasteiger partial charge in [-0.2, -0.15) is 0 Å². The van der Waals surface area contributed by atoms with E-state index in [4.69, 9.17) is 16.9 Å². The largest absolute Gasteiger partial charge is 0.448 e. The summed E-state index contributed by atoms with van der Waals surface area (Å²) >= 11 is 0. The van der Waals surface area contributed by atoms with Crippen molar-refractivity contribution in [1.82, 2.24) is 0 Å². The lowest BCUT2D eigenvalue weighted by Gasteiger charge is -2.17. The van der Waals surface area contributed by atoms with E-state index in [-0.39, 0.29) is 0 Å². The smallest absolute Gasteiger partial charge is 0.326 e. The van der Waals surface area contributed by atoms with Gasteiger partial charge in [-0.1, -0.05) is 5.92 Å². The predicted octanol–water partition coefficient (Wildman–Crippen LogP) is 0.289. The van der Waals surface area contributed by atoms with Gasteiger partial charge in [0.25, 0.3) is 0 Å². The monoisotopic (exact) mass is 155 g/mol. The molecule has 11 heavy (non-hydrogen) atoms. The molecule has 1 atom stereocenters. The molecule has 2 N–H and O–H groups in total. The van der Waals surface area contributed by atoms with Crippen molar-refractivity contribution in [2.75, 3.05) is 0 Å². The lowest BCUT2D eigenvalue weighted by atomic mass is 10.1. The summed E-state index contributed by atoms with van der Waals surface area (Å²) in [6.45, 7) is 4.75. The standard InChI is InChI=1S/C8H13NO2/c1-5-6(2)11-7(10)8(3,4)9/h1,6H,9H2,2-4H3. The Bertz CT molecular complexity index is 185. The molecule has 3 nitrogen and oxygen atoms in total. The lowest BCUT2D eigenvalue weighted by Crippen LogP contribution is -2.43. The predicted molar refractivity (Wildman–Crippen MR) is 42.7 cm³/mol. The molecule has 0 saturated carbocycles. The number of carbonyl (C=O) groups excluding carboxylic acids is 1. The maximum atomic E-state index is 11.0. The first-order valence-electron chi connectivity index (χ1n) is 3.34. The molecular formula is C8H13NO2. The molecule has 0 radical (unpaired) electrons. The Morgan fingerprint density at radius 3 is 2.45 bits per heavy atom. The number of rotatable bonds is 2. The van der Waals surface area contributed by atoms with Crippen molar-refractivity contribution < 1.29 is 9.53 Å². The van der Waals surface area contributed by atoms with E-state index in [1.165, 1.54) is 0 Å². The highest BCUT2D eigenvalue weighted by Gasteiger charge is 2.24. The number of esters is 1. The first-order valence-corrected chi connectivity index (χ1v) is 3.34. The van der Waals surface area contributed by atoms with Crippen molar-refractivity contribution in [3.8, 4) is 12.3 Å². The highest BCUT2D eigenvalue weighted by Crippen LogP contribution is 2.02. The Labute approximate surface area is 66.9 Å². The third-order valence-electron chi connectivity index (χ3n) is 1.04. The second-order valence-electron chi connectivity index (χ2n) is 2.94. The fraction of sp³-hybridized carbons (Fsp3) is 0.625. The van der Waals surface area contributed by atoms with Gasteiger partial charge in [0.2, 0.25) is 0 Å². The molecular weight excluding hydrogens is 142 g/mol. The first-order chi connectivity index (χ1) is 4.88. The summed E-state index contributed by atoms with van der Waals surface area (Å²) in [6.07, 6.45) is 4.49. The number of carbonyl (C=O) groups is 1. The summed E-state index contributed by atoms with van der Waals surface area (Å²) in [5.74, 6) is 1.79. The lowest BCUT2D eigenvalue weighted by molar-refractivity contribution is -0.151. The maximum absolute atomic E-state index is 11.0. The second-order valence-corrected chi connectivity index (χ2v) is 2.94. The van der Waals surface area contributed by atoms with Gasteiger partial charge in [-0.05, 0) is 20.8 Å². The van der Waals surface area contributed by atoms with Gasteiger partial charge < -0.3 is 10.5 Å². The molecule has 0 heterocycles. The van der Waals surface area contributed by atoms with E-state index in [1.54, 1.807) is 20.8 Å². The molecule has 0 fully saturated rings. The molecule has 0 aromatic carbocycles. The first kappa shape index (κ1) is 9.99. The van der Waals surface area contributed by atoms with Gasteiger partial charge in [-0.15, -0.1) is 6.42 Å². The number of hydrogen-bond donors (Lipinski definition) is 1. The van der Waals surface area contributed by atoms with Crippen LogP contribution in [0.1, 0.15) is 20.8 Å². The van der Waals surface area contributed by atoms with Crippen LogP contribution in [-0.4, -0.2) is 17.6 Å². The molecule has 62 valence electrons. The molecule has 0 aliphatic heterocycles. The van der Waals surface area contributed by atoms with E-state index < -0.39 is 17.6 Å². The average molecular weight is 155 g/mol. The highest BCUT2D eigenvalue weighted by molar-refractivity contribution is 5.79. The van der Waals surface area contributed by atoms with Crippen molar-refractivity contribution in [1.29, 1.82) is 0 Å². The Morgan fingerprint density at radius 2 is 2.18 bits per heavy atom. The summed E-state index contributed by atoms with van der Waals surface area (Å²) in [5.41, 5.74) is 4.47. The van der Waals surface area contributed by atoms with Gasteiger partial charge in [-0.25, -0.2) is 0 Å². The second kappa shape index (κ2) is 3.40. The molecule has 1 unspecified atom stereocenters. The van der Waals surface area contributed by atoms with Gasteiger partial charge in [0.05, 0.1) is 0 Å². The highest BCUT2D eigenvalue weighted by atomic mass is 16.5. The number of nitrogens with two attached hydrogens (primary N) is 1. The van der Waals surface area contributed by atoms with Crippen molar-refractivity contribution in [2.45, 2.75) is 32.4 Å². The summed E-state index contributed by atoms with van der Waals surface area (Å²) < 4.78 is 4.76. The molecule has 0 spiro atoms. The van der Waals surface area contributed by atoms with Gasteiger partial charge in [0, 0.05) is 0 Å². The molecule has 0 aliphatic carbocycles. The van der Waals surface area contributed by atoms with Crippen molar-refractivity contribution in [3.63, 3.8) is 0 Å². The zero-order valence-corrected chi connectivity index (χ0v) is 7.05. The minimum atomic E-state index is -0.967. The Kier molecular flexibility index (Phi) is 3.09. The maximum Gasteiger partial charge on any atom is 0.326 e. The van der Waals surface area contributed by atoms with Crippen LogP contribution in [0.3, 0.4) is 0 Å². The molecule has 0 aliphatic rings. The number of hydrogen-bond acceptors (Lipinski definition) is 3. The van der Waals surface area contributed by atoms with E-state index >= 15 is 0 Å². The van der Waals surface area contributed by atoms with Gasteiger partial charge in [-0.3, -0.25) is 4.79 Å². The summed E-state index contributed by atoms with van der Waals surface area (Å²) in [4.78, 5) is 11.0. The summed E-state index contributed by atoms with van der Waals surface area (Å²) in [6, 6.07) is 0. The van der Waals surface area contributed by atoms with Crippen LogP contribution in [0.5, 0.6) is 0 Å². The third kappa shape index (κ3) is 3.64. The Hall–Kier alpha value is -1.01. The van der Waals surface area contributed by atoms with Crippen LogP contribution in [0.4, 0.5) is 0 Å². The molecule has 0 aromatic heterocycles. The van der Waals surface area contributed by atoms with Crippen LogP contribution in [0.25, 0.3) is 0 Å². The number of ether oxygens (including phenoxy) is 1. The summed E-state index contributed by atoms with van der Waals surface area (Å²) in [5, 5.41) is 0. The van der Waals surface area contributed by atoms with E-state index in [2.05, 4.69) is 5.92 Å².